The summed E-state index contributed by atoms with van der Waals surface area (Å²) in [5.41, 5.74) is 3.07. The Morgan fingerprint density at radius 1 is 0.833 bits per heavy atom. The van der Waals surface area contributed by atoms with Gasteiger partial charge in [0.15, 0.2) is 6.61 Å². The van der Waals surface area contributed by atoms with E-state index < -0.39 is 24.5 Å². The standard InChI is InChI=1S/C10H8O6.C8H10/c11-8-6-1-3-7(4-2-6)9(12)16-10(13,14)5-15-8;1-7-5-3-4-6-8(7)2/h1-4,13-14H,5H2;3-6H,1-2H3. The fourth-order valence-electron chi connectivity index (χ4n) is 1.88. The van der Waals surface area contributed by atoms with Crippen molar-refractivity contribution in [3.05, 3.63) is 70.8 Å². The van der Waals surface area contributed by atoms with Crippen LogP contribution < -0.4 is 0 Å². The van der Waals surface area contributed by atoms with Crippen molar-refractivity contribution in [2.24, 2.45) is 0 Å². The lowest BCUT2D eigenvalue weighted by Crippen LogP contribution is -2.40. The number of carbonyl (C=O) groups excluding carboxylic acids is 2. The van der Waals surface area contributed by atoms with Gasteiger partial charge in [0.25, 0.3) is 0 Å². The molecule has 6 nitrogen and oxygen atoms in total. The summed E-state index contributed by atoms with van der Waals surface area (Å²) in [6.07, 6.45) is 0. The van der Waals surface area contributed by atoms with E-state index in [1.807, 2.05) is 0 Å². The van der Waals surface area contributed by atoms with Gasteiger partial charge in [-0.2, -0.15) is 0 Å². The second kappa shape index (κ2) is 7.25. The van der Waals surface area contributed by atoms with Crippen LogP contribution in [0.1, 0.15) is 31.8 Å². The molecule has 2 heterocycles. The van der Waals surface area contributed by atoms with E-state index in [1.165, 1.54) is 35.4 Å². The van der Waals surface area contributed by atoms with Gasteiger partial charge in [-0.05, 0) is 49.2 Å². The van der Waals surface area contributed by atoms with Crippen LogP contribution >= 0.6 is 0 Å². The van der Waals surface area contributed by atoms with Crippen molar-refractivity contribution < 1.29 is 29.3 Å². The van der Waals surface area contributed by atoms with Gasteiger partial charge in [-0.3, -0.25) is 0 Å². The zero-order valence-electron chi connectivity index (χ0n) is 13.4. The Morgan fingerprint density at radius 3 is 1.75 bits per heavy atom. The van der Waals surface area contributed by atoms with Gasteiger partial charge < -0.3 is 19.7 Å². The van der Waals surface area contributed by atoms with Gasteiger partial charge in [0.1, 0.15) is 0 Å². The van der Waals surface area contributed by atoms with Crippen molar-refractivity contribution in [3.63, 3.8) is 0 Å². The fourth-order valence-corrected chi connectivity index (χ4v) is 1.88. The number of aliphatic hydroxyl groups is 2. The third kappa shape index (κ3) is 4.65. The van der Waals surface area contributed by atoms with E-state index in [2.05, 4.69) is 47.6 Å². The molecule has 2 N–H and O–H groups in total. The molecule has 2 aliphatic heterocycles. The van der Waals surface area contributed by atoms with Crippen LogP contribution in [0.4, 0.5) is 0 Å². The van der Waals surface area contributed by atoms with Crippen molar-refractivity contribution in [2.45, 2.75) is 19.8 Å². The highest BCUT2D eigenvalue weighted by molar-refractivity contribution is 5.93. The average Bonchev–Trinajstić information content (AvgIpc) is 2.55. The predicted molar refractivity (Wildman–Crippen MR) is 85.2 cm³/mol. The molecule has 0 aromatic heterocycles. The lowest BCUT2D eigenvalue weighted by atomic mass is 10.1. The summed E-state index contributed by atoms with van der Waals surface area (Å²) in [7, 11) is 0. The van der Waals surface area contributed by atoms with Gasteiger partial charge in [0.05, 0.1) is 11.1 Å². The van der Waals surface area contributed by atoms with E-state index in [-0.39, 0.29) is 11.1 Å². The van der Waals surface area contributed by atoms with Crippen LogP contribution in [-0.4, -0.2) is 34.7 Å². The summed E-state index contributed by atoms with van der Waals surface area (Å²) in [5.74, 6) is -4.44. The van der Waals surface area contributed by atoms with Gasteiger partial charge in [-0.25, -0.2) is 9.59 Å². The third-order valence-corrected chi connectivity index (χ3v) is 3.43. The summed E-state index contributed by atoms with van der Waals surface area (Å²) < 4.78 is 8.88. The molecule has 0 saturated heterocycles. The Balaban J connectivity index is 0.000000219. The van der Waals surface area contributed by atoms with E-state index in [0.29, 0.717) is 0 Å². The topological polar surface area (TPSA) is 93.1 Å². The zero-order valence-corrected chi connectivity index (χ0v) is 13.4. The van der Waals surface area contributed by atoms with E-state index in [0.717, 1.165) is 0 Å². The highest BCUT2D eigenvalue weighted by Crippen LogP contribution is 2.14. The van der Waals surface area contributed by atoms with Gasteiger partial charge >= 0.3 is 17.9 Å². The highest BCUT2D eigenvalue weighted by Gasteiger charge is 2.32. The van der Waals surface area contributed by atoms with Crippen molar-refractivity contribution in [1.82, 2.24) is 0 Å². The molecular weight excluding hydrogens is 312 g/mol. The highest BCUT2D eigenvalue weighted by atomic mass is 16.8. The number of carbonyl (C=O) groups is 2. The van der Waals surface area contributed by atoms with Crippen molar-refractivity contribution in [1.29, 1.82) is 0 Å². The molecule has 0 amide bonds. The molecule has 126 valence electrons. The molecule has 2 aliphatic rings. The van der Waals surface area contributed by atoms with Crippen LogP contribution in [0.25, 0.3) is 0 Å². The Hall–Kier alpha value is -2.70. The summed E-state index contributed by atoms with van der Waals surface area (Å²) in [6.45, 7) is 3.40. The zero-order chi connectivity index (χ0) is 17.7. The van der Waals surface area contributed by atoms with E-state index in [1.54, 1.807) is 0 Å². The molecule has 0 atom stereocenters. The van der Waals surface area contributed by atoms with E-state index in [4.69, 9.17) is 0 Å². The van der Waals surface area contributed by atoms with Crippen LogP contribution in [0.2, 0.25) is 0 Å². The molecule has 4 rings (SSSR count). The monoisotopic (exact) mass is 330 g/mol. The Labute approximate surface area is 139 Å². The molecule has 6 heteroatoms. The number of ether oxygens (including phenoxy) is 2. The minimum Gasteiger partial charge on any atom is -0.452 e. The number of esters is 2. The van der Waals surface area contributed by atoms with Crippen LogP contribution in [0.15, 0.2) is 48.5 Å². The Morgan fingerprint density at radius 2 is 1.29 bits per heavy atom. The van der Waals surface area contributed by atoms with Crippen molar-refractivity contribution in [3.8, 4) is 0 Å². The minimum absolute atomic E-state index is 0.117. The molecule has 0 aliphatic carbocycles. The molecule has 2 aromatic rings. The smallest absolute Gasteiger partial charge is 0.360 e. The molecule has 0 radical (unpaired) electrons. The van der Waals surface area contributed by atoms with E-state index in [9.17, 15) is 19.8 Å². The van der Waals surface area contributed by atoms with Crippen LogP contribution in [0, 0.1) is 13.8 Å². The van der Waals surface area contributed by atoms with Gasteiger partial charge in [0.2, 0.25) is 0 Å². The van der Waals surface area contributed by atoms with Gasteiger partial charge in [-0.1, -0.05) is 24.3 Å². The van der Waals surface area contributed by atoms with Gasteiger partial charge in [0, 0.05) is 0 Å². The number of rotatable bonds is 0. The molecule has 0 saturated carbocycles. The average molecular weight is 330 g/mol. The quantitative estimate of drug-likeness (QED) is 0.566. The molecular formula is C18H18O6. The summed E-state index contributed by atoms with van der Waals surface area (Å²) in [4.78, 5) is 22.7. The van der Waals surface area contributed by atoms with E-state index >= 15 is 0 Å². The maximum atomic E-state index is 11.4. The van der Waals surface area contributed by atoms with Crippen molar-refractivity contribution >= 4 is 11.9 Å². The SMILES string of the molecule is Cc1ccccc1C.O=C1OCC(O)(O)OC(=O)c2ccc1cc2. The molecule has 0 spiro atoms. The second-order valence-electron chi connectivity index (χ2n) is 5.37. The largest absolute Gasteiger partial charge is 0.452 e. The summed E-state index contributed by atoms with van der Waals surface area (Å²) in [5, 5.41) is 18.4. The normalized spacial score (nSPS) is 15.7. The molecule has 0 fully saturated rings. The number of fused-ring (bicyclic) bond motifs is 7. The summed E-state index contributed by atoms with van der Waals surface area (Å²) in [6, 6.07) is 13.8. The second-order valence-corrected chi connectivity index (χ2v) is 5.37. The fraction of sp³-hybridized carbons (Fsp3) is 0.222. The first-order valence-electron chi connectivity index (χ1n) is 7.26. The first-order chi connectivity index (χ1) is 11.3. The maximum Gasteiger partial charge on any atom is 0.360 e. The van der Waals surface area contributed by atoms with Crippen molar-refractivity contribution in [2.75, 3.05) is 6.61 Å². The first-order valence-corrected chi connectivity index (χ1v) is 7.26. The molecule has 24 heavy (non-hydrogen) atoms. The number of hydrogen-bond acceptors (Lipinski definition) is 6. The first kappa shape index (κ1) is 17.7. The molecule has 2 bridgehead atoms. The molecule has 2 aromatic carbocycles. The molecule has 0 unspecified atom stereocenters. The Kier molecular flexibility index (Phi) is 5.33. The van der Waals surface area contributed by atoms with Gasteiger partial charge in [-0.15, -0.1) is 0 Å². The lowest BCUT2D eigenvalue weighted by Gasteiger charge is -2.22. The lowest BCUT2D eigenvalue weighted by molar-refractivity contribution is -0.321. The van der Waals surface area contributed by atoms with Crippen LogP contribution in [0.3, 0.4) is 0 Å². The van der Waals surface area contributed by atoms with Crippen LogP contribution in [0.5, 0.6) is 0 Å². The van der Waals surface area contributed by atoms with Crippen LogP contribution in [-0.2, 0) is 9.47 Å². The summed E-state index contributed by atoms with van der Waals surface area (Å²) >= 11 is 0. The maximum absolute atomic E-state index is 11.4. The predicted octanol–water partition coefficient (Wildman–Crippen LogP) is 1.96. The Bertz CT molecular complexity index is 712. The third-order valence-electron chi connectivity index (χ3n) is 3.43. The minimum atomic E-state index is -2.81. The number of benzene rings is 2. The number of aryl methyl sites for hydroxylation is 2. The number of hydrogen-bond donors (Lipinski definition) is 2.